The van der Waals surface area contributed by atoms with Gasteiger partial charge in [0.25, 0.3) is 5.91 Å². The molecule has 0 fully saturated rings. The van der Waals surface area contributed by atoms with E-state index in [0.717, 1.165) is 19.3 Å². The molecule has 126 valence electrons. The Kier molecular flexibility index (Phi) is 8.90. The van der Waals surface area contributed by atoms with E-state index < -0.39 is 0 Å². The number of carbonyl (C=O) groups excluding carboxylic acids is 2. The van der Waals surface area contributed by atoms with Crippen molar-refractivity contribution in [1.29, 1.82) is 0 Å². The lowest BCUT2D eigenvalue weighted by Gasteiger charge is -2.12. The zero-order valence-corrected chi connectivity index (χ0v) is 14.6. The average Bonchev–Trinajstić information content (AvgIpc) is 2.54. The molecule has 0 atom stereocenters. The maximum absolute atomic E-state index is 11.8. The molecular weight excluding hydrogens is 310 g/mol. The SMILES string of the molecule is CCCCCCCC(=O)NC(=S)Nc1ccccc1C(=O)NC. The number of hydrogen-bond acceptors (Lipinski definition) is 3. The van der Waals surface area contributed by atoms with Gasteiger partial charge in [0.2, 0.25) is 5.91 Å². The van der Waals surface area contributed by atoms with Crippen LogP contribution >= 0.6 is 12.2 Å². The summed E-state index contributed by atoms with van der Waals surface area (Å²) >= 11 is 5.14. The van der Waals surface area contributed by atoms with Crippen molar-refractivity contribution in [3.8, 4) is 0 Å². The number of para-hydroxylation sites is 1. The first-order valence-corrected chi connectivity index (χ1v) is 8.41. The predicted octanol–water partition coefficient (Wildman–Crippen LogP) is 3.22. The summed E-state index contributed by atoms with van der Waals surface area (Å²) in [5.74, 6) is -0.311. The van der Waals surface area contributed by atoms with E-state index in [-0.39, 0.29) is 16.9 Å². The maximum Gasteiger partial charge on any atom is 0.253 e. The summed E-state index contributed by atoms with van der Waals surface area (Å²) in [6.07, 6.45) is 5.93. The van der Waals surface area contributed by atoms with Crippen molar-refractivity contribution in [2.45, 2.75) is 45.4 Å². The Hall–Kier alpha value is -1.95. The average molecular weight is 335 g/mol. The number of anilines is 1. The topological polar surface area (TPSA) is 70.2 Å². The molecule has 2 amide bonds. The molecule has 0 bridgehead atoms. The van der Waals surface area contributed by atoms with Crippen molar-refractivity contribution in [2.24, 2.45) is 0 Å². The number of benzene rings is 1. The van der Waals surface area contributed by atoms with E-state index in [1.165, 1.54) is 12.8 Å². The Morgan fingerprint density at radius 3 is 2.48 bits per heavy atom. The summed E-state index contributed by atoms with van der Waals surface area (Å²) in [7, 11) is 1.57. The van der Waals surface area contributed by atoms with E-state index in [2.05, 4.69) is 22.9 Å². The first kappa shape index (κ1) is 19.1. The van der Waals surface area contributed by atoms with E-state index in [4.69, 9.17) is 12.2 Å². The molecule has 0 aliphatic rings. The molecule has 0 spiro atoms. The second kappa shape index (κ2) is 10.7. The lowest BCUT2D eigenvalue weighted by atomic mass is 10.1. The molecule has 0 aromatic heterocycles. The molecular formula is C17H25N3O2S. The zero-order chi connectivity index (χ0) is 17.1. The fraction of sp³-hybridized carbons (Fsp3) is 0.471. The molecule has 23 heavy (non-hydrogen) atoms. The number of amides is 2. The Morgan fingerprint density at radius 1 is 1.09 bits per heavy atom. The van der Waals surface area contributed by atoms with Crippen molar-refractivity contribution in [3.63, 3.8) is 0 Å². The zero-order valence-electron chi connectivity index (χ0n) is 13.8. The van der Waals surface area contributed by atoms with E-state index in [1.54, 1.807) is 31.3 Å². The van der Waals surface area contributed by atoms with Gasteiger partial charge in [0.1, 0.15) is 0 Å². The highest BCUT2D eigenvalue weighted by Crippen LogP contribution is 2.14. The molecule has 0 radical (unpaired) electrons. The molecule has 0 aliphatic carbocycles. The van der Waals surface area contributed by atoms with E-state index in [9.17, 15) is 9.59 Å². The van der Waals surface area contributed by atoms with Crippen LogP contribution in [-0.2, 0) is 4.79 Å². The molecule has 0 heterocycles. The fourth-order valence-electron chi connectivity index (χ4n) is 2.16. The number of rotatable bonds is 8. The van der Waals surface area contributed by atoms with Crippen LogP contribution < -0.4 is 16.0 Å². The molecule has 6 heteroatoms. The van der Waals surface area contributed by atoms with Gasteiger partial charge in [-0.1, -0.05) is 44.7 Å². The van der Waals surface area contributed by atoms with Crippen LogP contribution in [-0.4, -0.2) is 24.0 Å². The van der Waals surface area contributed by atoms with Gasteiger partial charge in [0, 0.05) is 13.5 Å². The van der Waals surface area contributed by atoms with E-state index >= 15 is 0 Å². The molecule has 5 nitrogen and oxygen atoms in total. The summed E-state index contributed by atoms with van der Waals surface area (Å²) in [5.41, 5.74) is 1.05. The quantitative estimate of drug-likeness (QED) is 0.504. The summed E-state index contributed by atoms with van der Waals surface area (Å²) in [4.78, 5) is 23.6. The summed E-state index contributed by atoms with van der Waals surface area (Å²) in [6.45, 7) is 2.16. The van der Waals surface area contributed by atoms with Crippen LogP contribution in [0.1, 0.15) is 55.8 Å². The third kappa shape index (κ3) is 7.23. The van der Waals surface area contributed by atoms with Crippen LogP contribution in [0.3, 0.4) is 0 Å². The van der Waals surface area contributed by atoms with Crippen molar-refractivity contribution in [2.75, 3.05) is 12.4 Å². The Bertz CT molecular complexity index is 546. The van der Waals surface area contributed by atoms with Crippen molar-refractivity contribution >= 4 is 34.8 Å². The molecule has 1 aromatic carbocycles. The minimum Gasteiger partial charge on any atom is -0.355 e. The highest BCUT2D eigenvalue weighted by Gasteiger charge is 2.11. The van der Waals surface area contributed by atoms with Crippen molar-refractivity contribution < 1.29 is 9.59 Å². The molecule has 1 rings (SSSR count). The lowest BCUT2D eigenvalue weighted by Crippen LogP contribution is -2.34. The number of hydrogen-bond donors (Lipinski definition) is 3. The van der Waals surface area contributed by atoms with Crippen LogP contribution in [0.4, 0.5) is 5.69 Å². The van der Waals surface area contributed by atoms with Gasteiger partial charge in [-0.2, -0.15) is 0 Å². The largest absolute Gasteiger partial charge is 0.355 e. The monoisotopic (exact) mass is 335 g/mol. The first-order valence-electron chi connectivity index (χ1n) is 8.00. The van der Waals surface area contributed by atoms with Crippen LogP contribution in [0.5, 0.6) is 0 Å². The molecule has 0 saturated heterocycles. The minimum absolute atomic E-state index is 0.101. The van der Waals surface area contributed by atoms with Gasteiger partial charge >= 0.3 is 0 Å². The van der Waals surface area contributed by atoms with E-state index in [1.807, 2.05) is 0 Å². The third-order valence-corrected chi connectivity index (χ3v) is 3.61. The summed E-state index contributed by atoms with van der Waals surface area (Å²) < 4.78 is 0. The van der Waals surface area contributed by atoms with Gasteiger partial charge in [0.15, 0.2) is 5.11 Å². The normalized spacial score (nSPS) is 10.0. The van der Waals surface area contributed by atoms with Gasteiger partial charge in [0.05, 0.1) is 11.3 Å². The Morgan fingerprint density at radius 2 is 1.78 bits per heavy atom. The highest BCUT2D eigenvalue weighted by atomic mass is 32.1. The molecule has 0 aliphatic heterocycles. The lowest BCUT2D eigenvalue weighted by molar-refractivity contribution is -0.119. The van der Waals surface area contributed by atoms with Crippen LogP contribution in [0, 0.1) is 0 Å². The standard InChI is InChI=1S/C17H25N3O2S/c1-3-4-5-6-7-12-15(21)20-17(23)19-14-11-9-8-10-13(14)16(22)18-2/h8-11H,3-7,12H2,1-2H3,(H,18,22)(H2,19,20,21,23). The van der Waals surface area contributed by atoms with Crippen molar-refractivity contribution in [1.82, 2.24) is 10.6 Å². The number of thiocarbonyl (C=S) groups is 1. The summed E-state index contributed by atoms with van der Waals surface area (Å²) in [5, 5.41) is 8.34. The number of unbranched alkanes of at least 4 members (excludes halogenated alkanes) is 4. The maximum atomic E-state index is 11.8. The fourth-order valence-corrected chi connectivity index (χ4v) is 2.38. The minimum atomic E-state index is -0.210. The first-order chi connectivity index (χ1) is 11.1. The summed E-state index contributed by atoms with van der Waals surface area (Å²) in [6, 6.07) is 7.01. The Labute approximate surface area is 143 Å². The predicted molar refractivity (Wildman–Crippen MR) is 97.6 cm³/mol. The van der Waals surface area contributed by atoms with Crippen LogP contribution in [0.2, 0.25) is 0 Å². The third-order valence-electron chi connectivity index (χ3n) is 3.41. The molecule has 1 aromatic rings. The van der Waals surface area contributed by atoms with Gasteiger partial charge in [-0.3, -0.25) is 9.59 Å². The number of nitrogens with one attached hydrogen (secondary N) is 3. The van der Waals surface area contributed by atoms with Crippen molar-refractivity contribution in [3.05, 3.63) is 29.8 Å². The molecule has 0 unspecified atom stereocenters. The second-order valence-corrected chi connectivity index (χ2v) is 5.70. The molecule has 0 saturated carbocycles. The second-order valence-electron chi connectivity index (χ2n) is 5.29. The highest BCUT2D eigenvalue weighted by molar-refractivity contribution is 7.80. The van der Waals surface area contributed by atoms with E-state index in [0.29, 0.717) is 17.7 Å². The van der Waals surface area contributed by atoms with Crippen LogP contribution in [0.25, 0.3) is 0 Å². The Balaban J connectivity index is 2.45. The van der Waals surface area contributed by atoms with Gasteiger partial charge in [-0.05, 0) is 30.8 Å². The number of carbonyl (C=O) groups is 2. The van der Waals surface area contributed by atoms with Crippen LogP contribution in [0.15, 0.2) is 24.3 Å². The van der Waals surface area contributed by atoms with Gasteiger partial charge in [-0.25, -0.2) is 0 Å². The molecule has 3 N–H and O–H groups in total. The van der Waals surface area contributed by atoms with Gasteiger partial charge < -0.3 is 16.0 Å². The van der Waals surface area contributed by atoms with Gasteiger partial charge in [-0.15, -0.1) is 0 Å². The smallest absolute Gasteiger partial charge is 0.253 e.